The molecule has 1 aromatic carbocycles. The van der Waals surface area contributed by atoms with Crippen LogP contribution in [0.25, 0.3) is 11.3 Å². The molecular weight excluding hydrogens is 404 g/mol. The van der Waals surface area contributed by atoms with E-state index >= 15 is 0 Å². The molecule has 0 saturated carbocycles. The lowest BCUT2D eigenvalue weighted by atomic mass is 9.97. The van der Waals surface area contributed by atoms with Crippen LogP contribution in [0.4, 0.5) is 10.7 Å². The number of amides is 1. The van der Waals surface area contributed by atoms with Gasteiger partial charge in [-0.15, -0.1) is 5.10 Å². The minimum atomic E-state index is -0.800. The van der Waals surface area contributed by atoms with Gasteiger partial charge in [-0.05, 0) is 58.0 Å². The Morgan fingerprint density at radius 3 is 2.27 bits per heavy atom. The molecule has 1 aromatic heterocycles. The van der Waals surface area contributed by atoms with Crippen LogP contribution in [0.1, 0.15) is 25.7 Å². The molecule has 160 valence electrons. The number of carboxylic acid groups (broad SMARTS) is 1. The highest BCUT2D eigenvalue weighted by Crippen LogP contribution is 2.26. The molecule has 4 rings (SSSR count). The number of hydrogen-bond acceptors (Lipinski definition) is 6. The van der Waals surface area contributed by atoms with E-state index in [1.165, 1.54) is 0 Å². The normalized spacial score (nSPS) is 19.1. The SMILES string of the molecule is CN1CCC(N(C(=O)O)C2CCN(c3nncc(-c4ccc(Cl)cc4)n3)CC2)CC1. The summed E-state index contributed by atoms with van der Waals surface area (Å²) in [5.74, 6) is 0.585. The van der Waals surface area contributed by atoms with Crippen molar-refractivity contribution in [2.24, 2.45) is 0 Å². The highest BCUT2D eigenvalue weighted by atomic mass is 35.5. The summed E-state index contributed by atoms with van der Waals surface area (Å²) >= 11 is 5.97. The summed E-state index contributed by atoms with van der Waals surface area (Å²) in [5.41, 5.74) is 1.68. The van der Waals surface area contributed by atoms with Crippen molar-refractivity contribution in [2.75, 3.05) is 38.1 Å². The first-order chi connectivity index (χ1) is 14.5. The second-order valence-corrected chi connectivity index (χ2v) is 8.53. The number of likely N-dealkylation sites (tertiary alicyclic amines) is 1. The van der Waals surface area contributed by atoms with E-state index in [4.69, 9.17) is 11.6 Å². The van der Waals surface area contributed by atoms with Crippen molar-refractivity contribution in [2.45, 2.75) is 37.8 Å². The fourth-order valence-corrected chi connectivity index (χ4v) is 4.54. The number of halogens is 1. The molecule has 2 aromatic rings. The van der Waals surface area contributed by atoms with E-state index in [9.17, 15) is 9.90 Å². The van der Waals surface area contributed by atoms with E-state index in [2.05, 4.69) is 32.0 Å². The van der Waals surface area contributed by atoms with E-state index in [1.54, 1.807) is 11.1 Å². The van der Waals surface area contributed by atoms with Crippen molar-refractivity contribution < 1.29 is 9.90 Å². The van der Waals surface area contributed by atoms with Crippen LogP contribution in [-0.2, 0) is 0 Å². The van der Waals surface area contributed by atoms with Gasteiger partial charge in [0.15, 0.2) is 0 Å². The van der Waals surface area contributed by atoms with Crippen LogP contribution in [0.3, 0.4) is 0 Å². The van der Waals surface area contributed by atoms with Gasteiger partial charge in [0, 0.05) is 35.8 Å². The molecule has 0 spiro atoms. The zero-order valence-corrected chi connectivity index (χ0v) is 17.9. The second-order valence-electron chi connectivity index (χ2n) is 8.09. The minimum absolute atomic E-state index is 0.0413. The summed E-state index contributed by atoms with van der Waals surface area (Å²) < 4.78 is 0. The average molecular weight is 431 g/mol. The number of nitrogens with zero attached hydrogens (tertiary/aromatic N) is 6. The molecule has 3 heterocycles. The maximum absolute atomic E-state index is 12.0. The number of carbonyl (C=O) groups is 1. The standard InChI is InChI=1S/C21H27ClN6O2/c1-26-10-6-17(7-11-26)28(21(29)30)18-8-12-27(13-9-18)20-24-19(14-23-25-20)15-2-4-16(22)5-3-15/h2-5,14,17-18H,6-13H2,1H3,(H,29,30). The van der Waals surface area contributed by atoms with Crippen LogP contribution >= 0.6 is 11.6 Å². The summed E-state index contributed by atoms with van der Waals surface area (Å²) in [6.07, 6.45) is 4.19. The minimum Gasteiger partial charge on any atom is -0.465 e. The average Bonchev–Trinajstić information content (AvgIpc) is 2.76. The predicted molar refractivity (Wildman–Crippen MR) is 116 cm³/mol. The fourth-order valence-electron chi connectivity index (χ4n) is 4.42. The van der Waals surface area contributed by atoms with E-state index in [0.29, 0.717) is 24.1 Å². The molecule has 1 amide bonds. The Bertz CT molecular complexity index is 864. The Hall–Kier alpha value is -2.45. The fraction of sp³-hybridized carbons (Fsp3) is 0.524. The van der Waals surface area contributed by atoms with Gasteiger partial charge in [-0.2, -0.15) is 5.10 Å². The second kappa shape index (κ2) is 9.14. The van der Waals surface area contributed by atoms with E-state index in [1.807, 2.05) is 24.3 Å². The van der Waals surface area contributed by atoms with Crippen LogP contribution in [0.5, 0.6) is 0 Å². The van der Waals surface area contributed by atoms with Crippen LogP contribution in [-0.4, -0.2) is 81.5 Å². The zero-order chi connectivity index (χ0) is 21.1. The van der Waals surface area contributed by atoms with Crippen molar-refractivity contribution in [1.29, 1.82) is 0 Å². The van der Waals surface area contributed by atoms with Crippen molar-refractivity contribution in [1.82, 2.24) is 25.0 Å². The monoisotopic (exact) mass is 430 g/mol. The van der Waals surface area contributed by atoms with Gasteiger partial charge in [0.1, 0.15) is 0 Å². The van der Waals surface area contributed by atoms with Gasteiger partial charge in [0.2, 0.25) is 5.95 Å². The molecular formula is C21H27ClN6O2. The zero-order valence-electron chi connectivity index (χ0n) is 17.1. The van der Waals surface area contributed by atoms with Gasteiger partial charge in [0.05, 0.1) is 11.9 Å². The predicted octanol–water partition coefficient (Wildman–Crippen LogP) is 3.24. The molecule has 2 saturated heterocycles. The smallest absolute Gasteiger partial charge is 0.407 e. The lowest BCUT2D eigenvalue weighted by molar-refractivity contribution is 0.0633. The molecule has 30 heavy (non-hydrogen) atoms. The molecule has 0 radical (unpaired) electrons. The topological polar surface area (TPSA) is 85.7 Å². The molecule has 8 nitrogen and oxygen atoms in total. The Morgan fingerprint density at radius 2 is 1.67 bits per heavy atom. The lowest BCUT2D eigenvalue weighted by Crippen LogP contribution is -2.54. The Labute approximate surface area is 181 Å². The Kier molecular flexibility index (Phi) is 6.34. The highest BCUT2D eigenvalue weighted by molar-refractivity contribution is 6.30. The molecule has 2 aliphatic heterocycles. The first-order valence-electron chi connectivity index (χ1n) is 10.4. The molecule has 0 aliphatic carbocycles. The van der Waals surface area contributed by atoms with E-state index in [-0.39, 0.29) is 12.1 Å². The number of hydrogen-bond donors (Lipinski definition) is 1. The van der Waals surface area contributed by atoms with Gasteiger partial charge in [-0.25, -0.2) is 9.78 Å². The van der Waals surface area contributed by atoms with Gasteiger partial charge in [-0.3, -0.25) is 0 Å². The summed E-state index contributed by atoms with van der Waals surface area (Å²) in [5, 5.41) is 18.9. The number of aromatic nitrogens is 3. The molecule has 2 fully saturated rings. The van der Waals surface area contributed by atoms with Crippen molar-refractivity contribution >= 4 is 23.6 Å². The Balaban J connectivity index is 1.42. The third-order valence-corrected chi connectivity index (χ3v) is 6.38. The molecule has 1 N–H and O–H groups in total. The maximum Gasteiger partial charge on any atom is 0.407 e. The van der Waals surface area contributed by atoms with Crippen LogP contribution in [0.2, 0.25) is 5.02 Å². The maximum atomic E-state index is 12.0. The first-order valence-corrected chi connectivity index (χ1v) is 10.8. The number of rotatable bonds is 4. The van der Waals surface area contributed by atoms with Crippen molar-refractivity contribution in [3.8, 4) is 11.3 Å². The molecule has 9 heteroatoms. The number of benzene rings is 1. The van der Waals surface area contributed by atoms with Gasteiger partial charge in [0.25, 0.3) is 0 Å². The lowest BCUT2D eigenvalue weighted by Gasteiger charge is -2.43. The molecule has 0 bridgehead atoms. The number of anilines is 1. The summed E-state index contributed by atoms with van der Waals surface area (Å²) in [6.45, 7) is 3.33. The Morgan fingerprint density at radius 1 is 1.07 bits per heavy atom. The van der Waals surface area contributed by atoms with Gasteiger partial charge in [-0.1, -0.05) is 23.7 Å². The number of piperidine rings is 2. The first kappa shape index (κ1) is 20.8. The summed E-state index contributed by atoms with van der Waals surface area (Å²) in [7, 11) is 2.09. The summed E-state index contributed by atoms with van der Waals surface area (Å²) in [4.78, 5) is 22.8. The van der Waals surface area contributed by atoms with Crippen LogP contribution < -0.4 is 4.90 Å². The van der Waals surface area contributed by atoms with E-state index < -0.39 is 6.09 Å². The third kappa shape index (κ3) is 4.65. The highest BCUT2D eigenvalue weighted by Gasteiger charge is 2.35. The van der Waals surface area contributed by atoms with Crippen LogP contribution in [0, 0.1) is 0 Å². The molecule has 2 aliphatic rings. The molecule has 0 unspecified atom stereocenters. The van der Waals surface area contributed by atoms with E-state index in [0.717, 1.165) is 50.0 Å². The quantitative estimate of drug-likeness (QED) is 0.796. The van der Waals surface area contributed by atoms with Gasteiger partial charge < -0.3 is 19.8 Å². The van der Waals surface area contributed by atoms with Crippen LogP contribution in [0.15, 0.2) is 30.5 Å². The van der Waals surface area contributed by atoms with Gasteiger partial charge >= 0.3 is 6.09 Å². The largest absolute Gasteiger partial charge is 0.465 e. The van der Waals surface area contributed by atoms with Crippen molar-refractivity contribution in [3.05, 3.63) is 35.5 Å². The third-order valence-electron chi connectivity index (χ3n) is 6.13. The van der Waals surface area contributed by atoms with Crippen molar-refractivity contribution in [3.63, 3.8) is 0 Å². The molecule has 0 atom stereocenters. The summed E-state index contributed by atoms with van der Waals surface area (Å²) in [6, 6.07) is 7.63.